The number of benzene rings is 1. The molecule has 3 rings (SSSR count). The summed E-state index contributed by atoms with van der Waals surface area (Å²) in [6.07, 6.45) is -0.660. The highest BCUT2D eigenvalue weighted by atomic mass is 32.1. The van der Waals surface area contributed by atoms with Crippen LogP contribution in [-0.2, 0) is 19.1 Å². The van der Waals surface area contributed by atoms with Gasteiger partial charge in [-0.25, -0.2) is 0 Å². The van der Waals surface area contributed by atoms with Crippen LogP contribution in [0.15, 0.2) is 64.8 Å². The maximum absolute atomic E-state index is 12.8. The number of halogens is 3. The largest absolute Gasteiger partial charge is 0.472 e. The lowest BCUT2D eigenvalue weighted by Crippen LogP contribution is -2.32. The van der Waals surface area contributed by atoms with Crippen molar-refractivity contribution in [2.75, 3.05) is 6.54 Å². The van der Waals surface area contributed by atoms with E-state index in [0.717, 1.165) is 22.6 Å². The van der Waals surface area contributed by atoms with Crippen LogP contribution in [0.3, 0.4) is 0 Å². The summed E-state index contributed by atoms with van der Waals surface area (Å²) < 4.78 is 43.2. The highest BCUT2D eigenvalue weighted by molar-refractivity contribution is 7.09. The summed E-state index contributed by atoms with van der Waals surface area (Å²) in [5.74, 6) is -0.309. The van der Waals surface area contributed by atoms with Crippen LogP contribution in [-0.4, -0.2) is 17.4 Å². The minimum atomic E-state index is -4.42. The van der Waals surface area contributed by atoms with E-state index in [1.165, 1.54) is 18.4 Å². The quantitative estimate of drug-likeness (QED) is 0.586. The maximum atomic E-state index is 12.8. The molecule has 0 bridgehead atoms. The van der Waals surface area contributed by atoms with Gasteiger partial charge in [-0.2, -0.15) is 13.2 Å². The Morgan fingerprint density at radius 3 is 2.46 bits per heavy atom. The van der Waals surface area contributed by atoms with Crippen molar-refractivity contribution in [3.63, 3.8) is 0 Å². The van der Waals surface area contributed by atoms with Crippen LogP contribution in [0.5, 0.6) is 0 Å². The molecule has 3 aromatic rings. The average molecular weight is 379 g/mol. The van der Waals surface area contributed by atoms with Crippen molar-refractivity contribution in [2.45, 2.75) is 19.1 Å². The molecule has 0 N–H and O–H groups in total. The first-order valence-electron chi connectivity index (χ1n) is 7.93. The molecule has 0 saturated heterocycles. The fourth-order valence-corrected chi connectivity index (χ4v) is 3.24. The van der Waals surface area contributed by atoms with E-state index < -0.39 is 11.7 Å². The number of amides is 1. The van der Waals surface area contributed by atoms with Gasteiger partial charge in [0.2, 0.25) is 0 Å². The number of rotatable bonds is 6. The van der Waals surface area contributed by atoms with Crippen LogP contribution in [0, 0.1) is 0 Å². The Morgan fingerprint density at radius 2 is 1.88 bits per heavy atom. The lowest BCUT2D eigenvalue weighted by molar-refractivity contribution is -0.137. The number of hydrogen-bond acceptors (Lipinski definition) is 3. The van der Waals surface area contributed by atoms with Gasteiger partial charge in [0.1, 0.15) is 0 Å². The molecule has 2 heterocycles. The topological polar surface area (TPSA) is 33.5 Å². The Bertz CT molecular complexity index is 825. The molecule has 7 heteroatoms. The van der Waals surface area contributed by atoms with Gasteiger partial charge in [0, 0.05) is 29.1 Å². The van der Waals surface area contributed by atoms with Crippen molar-refractivity contribution < 1.29 is 22.4 Å². The van der Waals surface area contributed by atoms with Crippen LogP contribution in [0.1, 0.15) is 26.4 Å². The summed E-state index contributed by atoms with van der Waals surface area (Å²) in [5.41, 5.74) is 0.290. The van der Waals surface area contributed by atoms with Gasteiger partial charge in [0.25, 0.3) is 5.91 Å². The highest BCUT2D eigenvalue weighted by Gasteiger charge is 2.30. The Balaban J connectivity index is 1.76. The summed E-state index contributed by atoms with van der Waals surface area (Å²) in [5, 5.41) is 1.97. The second kappa shape index (κ2) is 7.78. The van der Waals surface area contributed by atoms with E-state index in [4.69, 9.17) is 4.42 Å². The van der Waals surface area contributed by atoms with E-state index in [1.54, 1.807) is 28.6 Å². The van der Waals surface area contributed by atoms with Gasteiger partial charge in [0.15, 0.2) is 0 Å². The summed E-state index contributed by atoms with van der Waals surface area (Å²) in [4.78, 5) is 15.6. The van der Waals surface area contributed by atoms with Crippen molar-refractivity contribution in [3.8, 4) is 0 Å². The number of carbonyl (C=O) groups is 1. The molecule has 3 nitrogen and oxygen atoms in total. The normalized spacial score (nSPS) is 11.5. The number of furan rings is 1. The second-order valence-electron chi connectivity index (χ2n) is 5.76. The van der Waals surface area contributed by atoms with E-state index in [0.29, 0.717) is 19.5 Å². The first-order chi connectivity index (χ1) is 12.4. The molecular weight excluding hydrogens is 363 g/mol. The molecule has 1 aromatic carbocycles. The summed E-state index contributed by atoms with van der Waals surface area (Å²) in [6.45, 7) is 0.799. The lowest BCUT2D eigenvalue weighted by atomic mass is 10.1. The van der Waals surface area contributed by atoms with Gasteiger partial charge in [-0.15, -0.1) is 11.3 Å². The SMILES string of the molecule is O=C(c1ccc(C(F)(F)F)cc1)N(CCc1cccs1)Cc1ccoc1. The smallest absolute Gasteiger partial charge is 0.416 e. The predicted molar refractivity (Wildman–Crippen MR) is 92.9 cm³/mol. The Hall–Kier alpha value is -2.54. The third kappa shape index (κ3) is 4.54. The molecule has 0 aliphatic carbocycles. The summed E-state index contributed by atoms with van der Waals surface area (Å²) in [6, 6.07) is 10.0. The molecule has 0 spiro atoms. The minimum absolute atomic E-state index is 0.229. The summed E-state index contributed by atoms with van der Waals surface area (Å²) >= 11 is 1.60. The predicted octanol–water partition coefficient (Wildman–Crippen LogP) is 5.25. The lowest BCUT2D eigenvalue weighted by Gasteiger charge is -2.22. The monoisotopic (exact) mass is 379 g/mol. The van der Waals surface area contributed by atoms with Gasteiger partial charge < -0.3 is 9.32 Å². The van der Waals surface area contributed by atoms with E-state index in [2.05, 4.69) is 0 Å². The van der Waals surface area contributed by atoms with Crippen molar-refractivity contribution in [1.82, 2.24) is 4.90 Å². The molecule has 136 valence electrons. The molecule has 0 aliphatic rings. The van der Waals surface area contributed by atoms with Crippen LogP contribution >= 0.6 is 11.3 Å². The first-order valence-corrected chi connectivity index (χ1v) is 8.81. The van der Waals surface area contributed by atoms with Gasteiger partial charge in [-0.1, -0.05) is 6.07 Å². The molecule has 1 amide bonds. The maximum Gasteiger partial charge on any atom is 0.416 e. The number of carbonyl (C=O) groups excluding carboxylic acids is 1. The van der Waals surface area contributed by atoms with Crippen LogP contribution in [0.4, 0.5) is 13.2 Å². The van der Waals surface area contributed by atoms with E-state index in [9.17, 15) is 18.0 Å². The standard InChI is InChI=1S/C19H16F3NO2S/c20-19(21,22)16-5-3-15(4-6-16)18(24)23(12-14-8-10-25-13-14)9-7-17-2-1-11-26-17/h1-6,8,10-11,13H,7,9,12H2. The zero-order valence-corrected chi connectivity index (χ0v) is 14.5. The average Bonchev–Trinajstić information content (AvgIpc) is 3.31. The van der Waals surface area contributed by atoms with Gasteiger partial charge in [0.05, 0.1) is 18.1 Å². The van der Waals surface area contributed by atoms with Gasteiger partial charge >= 0.3 is 6.18 Å². The second-order valence-corrected chi connectivity index (χ2v) is 6.80. The number of alkyl halides is 3. The van der Waals surface area contributed by atoms with Crippen molar-refractivity contribution in [2.24, 2.45) is 0 Å². The first kappa shape index (κ1) is 18.3. The number of thiophene rings is 1. The number of hydrogen-bond donors (Lipinski definition) is 0. The molecule has 0 radical (unpaired) electrons. The van der Waals surface area contributed by atoms with Crippen molar-refractivity contribution in [1.29, 1.82) is 0 Å². The Labute approximate surface area is 152 Å². The van der Waals surface area contributed by atoms with Crippen molar-refractivity contribution in [3.05, 3.63) is 81.9 Å². The molecule has 0 atom stereocenters. The zero-order valence-electron chi connectivity index (χ0n) is 13.7. The fourth-order valence-electron chi connectivity index (χ4n) is 2.54. The molecule has 2 aromatic heterocycles. The van der Waals surface area contributed by atoms with Crippen LogP contribution < -0.4 is 0 Å². The molecule has 26 heavy (non-hydrogen) atoms. The van der Waals surface area contributed by atoms with Gasteiger partial charge in [-0.3, -0.25) is 4.79 Å². The van der Waals surface area contributed by atoms with Gasteiger partial charge in [-0.05, 0) is 48.2 Å². The molecule has 0 saturated carbocycles. The van der Waals surface area contributed by atoms with Crippen LogP contribution in [0.2, 0.25) is 0 Å². The highest BCUT2D eigenvalue weighted by Crippen LogP contribution is 2.29. The van der Waals surface area contributed by atoms with E-state index >= 15 is 0 Å². The fraction of sp³-hybridized carbons (Fsp3) is 0.211. The molecule has 0 fully saturated rings. The van der Waals surface area contributed by atoms with E-state index in [1.807, 2.05) is 17.5 Å². The summed E-state index contributed by atoms with van der Waals surface area (Å²) in [7, 11) is 0. The Kier molecular flexibility index (Phi) is 5.46. The molecular formula is C19H16F3NO2S. The third-order valence-corrected chi connectivity index (χ3v) is 4.84. The zero-order chi connectivity index (χ0) is 18.6. The minimum Gasteiger partial charge on any atom is -0.472 e. The molecule has 0 aliphatic heterocycles. The van der Waals surface area contributed by atoms with Crippen molar-refractivity contribution >= 4 is 17.2 Å². The number of nitrogens with zero attached hydrogens (tertiary/aromatic N) is 1. The van der Waals surface area contributed by atoms with E-state index in [-0.39, 0.29) is 11.5 Å². The van der Waals surface area contributed by atoms with Crippen LogP contribution in [0.25, 0.3) is 0 Å². The Morgan fingerprint density at radius 1 is 1.12 bits per heavy atom. The third-order valence-electron chi connectivity index (χ3n) is 3.91. The molecule has 0 unspecified atom stereocenters.